The average Bonchev–Trinajstić information content (AvgIpc) is 2.55. The van der Waals surface area contributed by atoms with Crippen LogP contribution in [0.2, 0.25) is 5.02 Å². The normalized spacial score (nSPS) is 11.0. The van der Waals surface area contributed by atoms with Crippen LogP contribution in [0.1, 0.15) is 5.56 Å². The van der Waals surface area contributed by atoms with Crippen LogP contribution in [0, 0.1) is 0 Å². The number of hydrogen-bond acceptors (Lipinski definition) is 3. The monoisotopic (exact) mass is 374 g/mol. The highest BCUT2D eigenvalue weighted by atomic mass is 35.5. The molecule has 2 aromatic rings. The van der Waals surface area contributed by atoms with Gasteiger partial charge in [0.25, 0.3) is 0 Å². The van der Waals surface area contributed by atoms with Gasteiger partial charge < -0.3 is 20.1 Å². The Balaban J connectivity index is 2.22. The van der Waals surface area contributed by atoms with Gasteiger partial charge in [0.15, 0.2) is 0 Å². The molecule has 25 heavy (non-hydrogen) atoms. The molecule has 0 saturated carbocycles. The van der Waals surface area contributed by atoms with Crippen LogP contribution in [0.15, 0.2) is 36.4 Å². The summed E-state index contributed by atoms with van der Waals surface area (Å²) < 4.78 is 49.3. The largest absolute Gasteiger partial charge is 0.497 e. The van der Waals surface area contributed by atoms with Gasteiger partial charge in [-0.05, 0) is 30.3 Å². The lowest BCUT2D eigenvalue weighted by Crippen LogP contribution is -2.22. The Morgan fingerprint density at radius 1 is 1.00 bits per heavy atom. The molecule has 2 aromatic carbocycles. The second-order valence-electron chi connectivity index (χ2n) is 4.83. The molecule has 2 amide bonds. The molecule has 0 atom stereocenters. The van der Waals surface area contributed by atoms with E-state index in [9.17, 15) is 18.0 Å². The Labute approximate surface area is 146 Å². The second-order valence-corrected chi connectivity index (χ2v) is 5.27. The van der Waals surface area contributed by atoms with Crippen molar-refractivity contribution in [2.45, 2.75) is 6.18 Å². The fourth-order valence-corrected chi connectivity index (χ4v) is 2.21. The summed E-state index contributed by atoms with van der Waals surface area (Å²) in [6.07, 6.45) is -4.66. The van der Waals surface area contributed by atoms with Gasteiger partial charge in [-0.2, -0.15) is 13.2 Å². The summed E-state index contributed by atoms with van der Waals surface area (Å²) in [6, 6.07) is 6.81. The first-order chi connectivity index (χ1) is 11.7. The summed E-state index contributed by atoms with van der Waals surface area (Å²) in [5.41, 5.74) is -1.19. The van der Waals surface area contributed by atoms with Gasteiger partial charge in [-0.25, -0.2) is 4.79 Å². The third-order valence-electron chi connectivity index (χ3n) is 3.19. The van der Waals surface area contributed by atoms with Crippen LogP contribution < -0.4 is 20.1 Å². The molecule has 0 bridgehead atoms. The average molecular weight is 375 g/mol. The number of anilines is 2. The molecule has 134 valence electrons. The van der Waals surface area contributed by atoms with Crippen LogP contribution in [0.5, 0.6) is 11.5 Å². The lowest BCUT2D eigenvalue weighted by molar-refractivity contribution is -0.136. The Morgan fingerprint density at radius 2 is 1.64 bits per heavy atom. The van der Waals surface area contributed by atoms with Crippen LogP contribution in [-0.2, 0) is 6.18 Å². The second kappa shape index (κ2) is 7.52. The van der Waals surface area contributed by atoms with Gasteiger partial charge in [0.2, 0.25) is 0 Å². The molecule has 0 aromatic heterocycles. The molecule has 0 saturated heterocycles. The molecule has 0 unspecified atom stereocenters. The number of benzene rings is 2. The summed E-state index contributed by atoms with van der Waals surface area (Å²) in [7, 11) is 2.85. The zero-order valence-electron chi connectivity index (χ0n) is 13.2. The Hall–Kier alpha value is -2.61. The standard InChI is InChI=1S/C16H14ClF3N2O3/c1-24-10-4-6-13(14(8-10)25-2)22-15(23)21-12-5-3-9(17)7-11(12)16(18,19)20/h3-8H,1-2H3,(H2,21,22,23). The van der Waals surface area contributed by atoms with Crippen molar-refractivity contribution in [2.75, 3.05) is 24.9 Å². The number of alkyl halides is 3. The number of rotatable bonds is 4. The van der Waals surface area contributed by atoms with Crippen LogP contribution >= 0.6 is 11.6 Å². The maximum Gasteiger partial charge on any atom is 0.418 e. The number of carbonyl (C=O) groups excluding carboxylic acids is 1. The fourth-order valence-electron chi connectivity index (χ4n) is 2.04. The molecule has 0 aliphatic rings. The van der Waals surface area contributed by atoms with Gasteiger partial charge in [-0.3, -0.25) is 0 Å². The highest BCUT2D eigenvalue weighted by Crippen LogP contribution is 2.36. The first-order valence-electron chi connectivity index (χ1n) is 6.91. The Kier molecular flexibility index (Phi) is 5.63. The zero-order valence-corrected chi connectivity index (χ0v) is 14.0. The van der Waals surface area contributed by atoms with E-state index in [1.807, 2.05) is 0 Å². The number of halogens is 4. The van der Waals surface area contributed by atoms with E-state index in [2.05, 4.69) is 10.6 Å². The van der Waals surface area contributed by atoms with Gasteiger partial charge in [0.05, 0.1) is 31.2 Å². The number of ether oxygens (including phenoxy) is 2. The molecule has 2 N–H and O–H groups in total. The molecule has 2 rings (SSSR count). The third kappa shape index (κ3) is 4.69. The molecule has 0 radical (unpaired) electrons. The van der Waals surface area contributed by atoms with E-state index in [0.717, 1.165) is 12.1 Å². The van der Waals surface area contributed by atoms with Crippen LogP contribution in [0.25, 0.3) is 0 Å². The van der Waals surface area contributed by atoms with E-state index < -0.39 is 23.5 Å². The van der Waals surface area contributed by atoms with Gasteiger partial charge in [-0.1, -0.05) is 11.6 Å². The predicted octanol–water partition coefficient (Wildman–Crippen LogP) is 5.02. The minimum atomic E-state index is -4.66. The van der Waals surface area contributed by atoms with Crippen LogP contribution in [0.3, 0.4) is 0 Å². The highest BCUT2D eigenvalue weighted by Gasteiger charge is 2.34. The molecule has 0 heterocycles. The molecule has 0 spiro atoms. The van der Waals surface area contributed by atoms with E-state index in [1.54, 1.807) is 6.07 Å². The summed E-state index contributed by atoms with van der Waals surface area (Å²) in [4.78, 5) is 12.1. The van der Waals surface area contributed by atoms with Crippen LogP contribution in [0.4, 0.5) is 29.3 Å². The lowest BCUT2D eigenvalue weighted by atomic mass is 10.1. The first-order valence-corrected chi connectivity index (χ1v) is 7.29. The third-order valence-corrected chi connectivity index (χ3v) is 3.43. The van der Waals surface area contributed by atoms with Gasteiger partial charge in [0.1, 0.15) is 11.5 Å². The molecule has 0 aliphatic carbocycles. The SMILES string of the molecule is COc1ccc(NC(=O)Nc2ccc(Cl)cc2C(F)(F)F)c(OC)c1. The molecule has 5 nitrogen and oxygen atoms in total. The predicted molar refractivity (Wildman–Crippen MR) is 88.6 cm³/mol. The number of nitrogens with one attached hydrogen (secondary N) is 2. The van der Waals surface area contributed by atoms with Crippen molar-refractivity contribution in [3.63, 3.8) is 0 Å². The van der Waals surface area contributed by atoms with Crippen molar-refractivity contribution in [1.82, 2.24) is 0 Å². The number of methoxy groups -OCH3 is 2. The summed E-state index contributed by atoms with van der Waals surface area (Å²) in [6.45, 7) is 0. The maximum absolute atomic E-state index is 13.0. The van der Waals surface area contributed by atoms with E-state index >= 15 is 0 Å². The first kappa shape index (κ1) is 18.7. The number of amides is 2. The highest BCUT2D eigenvalue weighted by molar-refractivity contribution is 6.30. The minimum absolute atomic E-state index is 0.0879. The summed E-state index contributed by atoms with van der Waals surface area (Å²) in [5.74, 6) is 0.793. The smallest absolute Gasteiger partial charge is 0.418 e. The topological polar surface area (TPSA) is 59.6 Å². The molecule has 0 aliphatic heterocycles. The zero-order chi connectivity index (χ0) is 18.6. The van der Waals surface area contributed by atoms with E-state index in [0.29, 0.717) is 11.5 Å². The van der Waals surface area contributed by atoms with Crippen molar-refractivity contribution in [2.24, 2.45) is 0 Å². The van der Waals surface area contributed by atoms with Gasteiger partial charge in [0, 0.05) is 11.1 Å². The fraction of sp³-hybridized carbons (Fsp3) is 0.188. The lowest BCUT2D eigenvalue weighted by Gasteiger charge is -2.16. The minimum Gasteiger partial charge on any atom is -0.497 e. The quantitative estimate of drug-likeness (QED) is 0.790. The van der Waals surface area contributed by atoms with Gasteiger partial charge >= 0.3 is 12.2 Å². The number of urea groups is 1. The van der Waals surface area contributed by atoms with Crippen molar-refractivity contribution >= 4 is 29.0 Å². The van der Waals surface area contributed by atoms with E-state index in [-0.39, 0.29) is 10.7 Å². The Morgan fingerprint density at radius 3 is 2.24 bits per heavy atom. The molecular formula is C16H14ClF3N2O3. The van der Waals surface area contributed by atoms with E-state index in [1.165, 1.54) is 32.4 Å². The summed E-state index contributed by atoms with van der Waals surface area (Å²) in [5, 5.41) is 4.49. The maximum atomic E-state index is 13.0. The van der Waals surface area contributed by atoms with Crippen molar-refractivity contribution in [1.29, 1.82) is 0 Å². The van der Waals surface area contributed by atoms with Gasteiger partial charge in [-0.15, -0.1) is 0 Å². The van der Waals surface area contributed by atoms with Crippen molar-refractivity contribution in [3.05, 3.63) is 47.0 Å². The number of carbonyl (C=O) groups is 1. The van der Waals surface area contributed by atoms with Crippen molar-refractivity contribution < 1.29 is 27.4 Å². The molecule has 9 heteroatoms. The Bertz CT molecular complexity index is 782. The summed E-state index contributed by atoms with van der Waals surface area (Å²) >= 11 is 5.60. The van der Waals surface area contributed by atoms with Crippen molar-refractivity contribution in [3.8, 4) is 11.5 Å². The molecular weight excluding hydrogens is 361 g/mol. The van der Waals surface area contributed by atoms with E-state index in [4.69, 9.17) is 21.1 Å². The number of hydrogen-bond donors (Lipinski definition) is 2. The van der Waals surface area contributed by atoms with Crippen LogP contribution in [-0.4, -0.2) is 20.3 Å². The molecule has 0 fully saturated rings.